The van der Waals surface area contributed by atoms with Crippen LogP contribution < -0.4 is 10.4 Å². The molecule has 0 saturated carbocycles. The van der Waals surface area contributed by atoms with Gasteiger partial charge < -0.3 is 5.32 Å². The van der Waals surface area contributed by atoms with Crippen molar-refractivity contribution in [3.63, 3.8) is 0 Å². The molecule has 0 saturated heterocycles. The molecule has 34 heavy (non-hydrogen) atoms. The summed E-state index contributed by atoms with van der Waals surface area (Å²) >= 11 is 0. The zero-order valence-electron chi connectivity index (χ0n) is 19.0. The minimum atomic E-state index is -4.62. The molecule has 6 nitrogen and oxygen atoms in total. The summed E-state index contributed by atoms with van der Waals surface area (Å²) in [6.07, 6.45) is -3.18. The highest BCUT2D eigenvalue weighted by molar-refractivity contribution is 5.95. The fourth-order valence-electron chi connectivity index (χ4n) is 3.32. The molecule has 0 spiro atoms. The summed E-state index contributed by atoms with van der Waals surface area (Å²) in [6, 6.07) is 9.54. The monoisotopic (exact) mass is 473 g/mol. The highest BCUT2D eigenvalue weighted by Crippen LogP contribution is 2.37. The Labute approximate surface area is 194 Å². The quantitative estimate of drug-likeness (QED) is 0.269. The molecule has 0 aliphatic rings. The van der Waals surface area contributed by atoms with Gasteiger partial charge >= 0.3 is 6.18 Å². The van der Waals surface area contributed by atoms with Gasteiger partial charge in [0.1, 0.15) is 11.6 Å². The molecule has 0 amide bonds. The van der Waals surface area contributed by atoms with Gasteiger partial charge in [0.25, 0.3) is 0 Å². The number of hydrogen-bond donors (Lipinski definition) is 1. The maximum atomic E-state index is 14.1. The Hall–Kier alpha value is -3.79. The minimum absolute atomic E-state index is 0.125. The summed E-state index contributed by atoms with van der Waals surface area (Å²) < 4.78 is 55.2. The van der Waals surface area contributed by atoms with E-state index in [0.717, 1.165) is 6.07 Å². The van der Waals surface area contributed by atoms with E-state index in [0.29, 0.717) is 22.4 Å². The third-order valence-electron chi connectivity index (χ3n) is 5.09. The molecule has 0 radical (unpaired) electrons. The Morgan fingerprint density at radius 1 is 1.15 bits per heavy atom. The number of aliphatic imine (C=N–C) groups is 1. The molecule has 0 atom stereocenters. The van der Waals surface area contributed by atoms with Crippen LogP contribution in [0.2, 0.25) is 0 Å². The van der Waals surface area contributed by atoms with Crippen LogP contribution in [0.25, 0.3) is 17.1 Å². The first-order valence-electron chi connectivity index (χ1n) is 10.1. The number of alkyl halides is 3. The smallest absolute Gasteiger partial charge is 0.339 e. The molecule has 10 heteroatoms. The second-order valence-corrected chi connectivity index (χ2v) is 7.26. The fraction of sp³-hybridized carbons (Fsp3) is 0.208. The van der Waals surface area contributed by atoms with Gasteiger partial charge in [-0.3, -0.25) is 9.83 Å². The lowest BCUT2D eigenvalue weighted by Gasteiger charge is -2.22. The second kappa shape index (κ2) is 10.0. The van der Waals surface area contributed by atoms with Crippen LogP contribution in [0.4, 0.5) is 29.2 Å². The van der Waals surface area contributed by atoms with E-state index in [1.807, 2.05) is 0 Å². The highest BCUT2D eigenvalue weighted by atomic mass is 19.4. The Morgan fingerprint density at radius 2 is 1.85 bits per heavy atom. The van der Waals surface area contributed by atoms with Gasteiger partial charge in [0, 0.05) is 37.1 Å². The molecule has 178 valence electrons. The van der Waals surface area contributed by atoms with Crippen molar-refractivity contribution in [1.82, 2.24) is 9.97 Å². The number of halogens is 4. The van der Waals surface area contributed by atoms with Crippen molar-refractivity contribution in [2.24, 2.45) is 4.99 Å². The van der Waals surface area contributed by atoms with Gasteiger partial charge in [-0.05, 0) is 24.6 Å². The molecule has 0 bridgehead atoms. The van der Waals surface area contributed by atoms with Gasteiger partial charge in [-0.25, -0.2) is 19.4 Å². The van der Waals surface area contributed by atoms with Crippen LogP contribution in [0, 0.1) is 12.7 Å². The largest absolute Gasteiger partial charge is 0.417 e. The van der Waals surface area contributed by atoms with Gasteiger partial charge in [0.05, 0.1) is 18.2 Å². The summed E-state index contributed by atoms with van der Waals surface area (Å²) in [4.78, 5) is 18.0. The van der Waals surface area contributed by atoms with Gasteiger partial charge in [-0.2, -0.15) is 13.2 Å². The normalized spacial score (nSPS) is 11.6. The molecule has 1 N–H and O–H groups in total. The Morgan fingerprint density at radius 3 is 2.50 bits per heavy atom. The van der Waals surface area contributed by atoms with E-state index >= 15 is 0 Å². The van der Waals surface area contributed by atoms with Crippen LogP contribution in [-0.2, 0) is 11.0 Å². The average molecular weight is 473 g/mol. The summed E-state index contributed by atoms with van der Waals surface area (Å²) in [5.41, 5.74) is 0.381. The maximum Gasteiger partial charge on any atom is 0.417 e. The number of anilines is 2. The molecule has 2 aromatic carbocycles. The lowest BCUT2D eigenvalue weighted by Crippen LogP contribution is -2.21. The van der Waals surface area contributed by atoms with Crippen molar-refractivity contribution in [3.05, 3.63) is 77.1 Å². The molecule has 0 aliphatic heterocycles. The second-order valence-electron chi connectivity index (χ2n) is 7.26. The van der Waals surface area contributed by atoms with Crippen LogP contribution in [0.1, 0.15) is 22.3 Å². The maximum absolute atomic E-state index is 14.1. The molecular weight excluding hydrogens is 450 g/mol. The van der Waals surface area contributed by atoms with Gasteiger partial charge in [0.2, 0.25) is 0 Å². The number of hydroxylamine groups is 1. The lowest BCUT2D eigenvalue weighted by atomic mass is 10.1. The highest BCUT2D eigenvalue weighted by Gasteiger charge is 2.34. The number of nitrogens with zero attached hydrogens (tertiary/aromatic N) is 4. The fourth-order valence-corrected chi connectivity index (χ4v) is 3.32. The first kappa shape index (κ1) is 24.8. The van der Waals surface area contributed by atoms with E-state index in [2.05, 4.69) is 26.9 Å². The third-order valence-corrected chi connectivity index (χ3v) is 5.09. The molecule has 3 aromatic rings. The van der Waals surface area contributed by atoms with Crippen LogP contribution in [0.5, 0.6) is 0 Å². The van der Waals surface area contributed by atoms with Gasteiger partial charge in [-0.15, -0.1) is 0 Å². The predicted molar refractivity (Wildman–Crippen MR) is 125 cm³/mol. The first-order chi connectivity index (χ1) is 16.1. The lowest BCUT2D eigenvalue weighted by molar-refractivity contribution is -0.137. The van der Waals surface area contributed by atoms with Crippen LogP contribution in [0.15, 0.2) is 54.0 Å². The number of benzene rings is 2. The molecule has 1 aromatic heterocycles. The molecule has 1 heterocycles. The number of hydrogen-bond acceptors (Lipinski definition) is 6. The third kappa shape index (κ3) is 5.07. The standard InChI is InChI=1S/C24H23F4N5O/c1-14-16(10-8-12-20(14)25)15(2)30-22-18(13-29-3)23(33(4)34-5)32-21(31-22)17-9-6-7-11-19(17)24(26,27)28/h6-13H,2H2,1,3-5H3,(H,30,31,32). The summed E-state index contributed by atoms with van der Waals surface area (Å²) in [7, 11) is 4.46. The molecular formula is C24H23F4N5O. The Balaban J connectivity index is 2.24. The van der Waals surface area contributed by atoms with E-state index in [1.165, 1.54) is 55.8 Å². The van der Waals surface area contributed by atoms with Crippen molar-refractivity contribution >= 4 is 23.5 Å². The van der Waals surface area contributed by atoms with E-state index in [-0.39, 0.29) is 23.0 Å². The Kier molecular flexibility index (Phi) is 7.31. The summed E-state index contributed by atoms with van der Waals surface area (Å²) in [5, 5.41) is 4.28. The van der Waals surface area contributed by atoms with Crippen molar-refractivity contribution in [3.8, 4) is 11.4 Å². The molecule has 0 fully saturated rings. The molecule has 0 aliphatic carbocycles. The van der Waals surface area contributed by atoms with Crippen LogP contribution in [0.3, 0.4) is 0 Å². The first-order valence-corrected chi connectivity index (χ1v) is 10.1. The number of nitrogens with one attached hydrogen (secondary N) is 1. The SMILES string of the molecule is C=C(Nc1nc(-c2ccccc2C(F)(F)F)nc(N(C)OC)c1C=NC)c1cccc(F)c1C. The van der Waals surface area contributed by atoms with Gasteiger partial charge in [0.15, 0.2) is 11.6 Å². The Bertz CT molecular complexity index is 1240. The van der Waals surface area contributed by atoms with Gasteiger partial charge in [-0.1, -0.05) is 36.9 Å². The summed E-state index contributed by atoms with van der Waals surface area (Å²) in [5.74, 6) is -0.314. The van der Waals surface area contributed by atoms with Crippen LogP contribution >= 0.6 is 0 Å². The van der Waals surface area contributed by atoms with Crippen molar-refractivity contribution in [2.75, 3.05) is 31.6 Å². The van der Waals surface area contributed by atoms with Crippen LogP contribution in [-0.4, -0.2) is 37.4 Å². The van der Waals surface area contributed by atoms with E-state index in [4.69, 9.17) is 4.84 Å². The number of aromatic nitrogens is 2. The van der Waals surface area contributed by atoms with E-state index < -0.39 is 17.6 Å². The summed E-state index contributed by atoms with van der Waals surface area (Å²) in [6.45, 7) is 5.57. The average Bonchev–Trinajstić information content (AvgIpc) is 2.80. The topological polar surface area (TPSA) is 62.6 Å². The number of rotatable bonds is 7. The zero-order valence-corrected chi connectivity index (χ0v) is 19.0. The van der Waals surface area contributed by atoms with Crippen molar-refractivity contribution < 1.29 is 22.4 Å². The predicted octanol–water partition coefficient (Wildman–Crippen LogP) is 5.74. The van der Waals surface area contributed by atoms with E-state index in [9.17, 15) is 17.6 Å². The van der Waals surface area contributed by atoms with Crippen molar-refractivity contribution in [1.29, 1.82) is 0 Å². The van der Waals surface area contributed by atoms with Crippen molar-refractivity contribution in [2.45, 2.75) is 13.1 Å². The molecule has 0 unspecified atom stereocenters. The van der Waals surface area contributed by atoms with E-state index in [1.54, 1.807) is 20.0 Å². The molecule has 3 rings (SSSR count). The zero-order chi connectivity index (χ0) is 25.0. The minimum Gasteiger partial charge on any atom is -0.339 e.